The van der Waals surface area contributed by atoms with Crippen molar-refractivity contribution >= 4 is 10.8 Å². The Morgan fingerprint density at radius 1 is 1.08 bits per heavy atom. The summed E-state index contributed by atoms with van der Waals surface area (Å²) in [4.78, 5) is 0. The van der Waals surface area contributed by atoms with Gasteiger partial charge in [0.2, 0.25) is 0 Å². The maximum Gasteiger partial charge on any atom is 4.00 e. The molecule has 0 aliphatic rings. The van der Waals surface area contributed by atoms with Gasteiger partial charge < -0.3 is 24.8 Å². The van der Waals surface area contributed by atoms with Crippen LogP contribution in [0.3, 0.4) is 0 Å². The van der Waals surface area contributed by atoms with Gasteiger partial charge in [-0.2, -0.15) is 17.7 Å². The minimum atomic E-state index is 0. The first-order chi connectivity index (χ1) is 11.4. The number of benzene rings is 1. The summed E-state index contributed by atoms with van der Waals surface area (Å²) in [6, 6.07) is 20.9. The zero-order valence-electron chi connectivity index (χ0n) is 14.5. The van der Waals surface area contributed by atoms with Crippen molar-refractivity contribution in [3.63, 3.8) is 0 Å². The second kappa shape index (κ2) is 13.0. The van der Waals surface area contributed by atoms with Gasteiger partial charge in [-0.3, -0.25) is 0 Å². The first-order valence-electron chi connectivity index (χ1n) is 7.96. The van der Waals surface area contributed by atoms with Gasteiger partial charge in [-0.25, -0.2) is 16.8 Å². The molecule has 0 radical (unpaired) electrons. The van der Waals surface area contributed by atoms with E-state index in [2.05, 4.69) is 71.0 Å². The van der Waals surface area contributed by atoms with E-state index in [0.717, 1.165) is 5.69 Å². The summed E-state index contributed by atoms with van der Waals surface area (Å²) < 4.78 is 1.65. The van der Waals surface area contributed by atoms with Crippen LogP contribution in [-0.4, -0.2) is 20.2 Å². The van der Waals surface area contributed by atoms with Gasteiger partial charge in [0.25, 0.3) is 0 Å². The number of aryl methyl sites for hydroxylation is 1. The molecule has 0 atom stereocenters. The molecular weight excluding hydrogens is 446 g/mol. The van der Waals surface area contributed by atoms with Crippen molar-refractivity contribution in [1.29, 1.82) is 0 Å². The maximum atomic E-state index is 3.84. The van der Waals surface area contributed by atoms with Crippen LogP contribution in [0.25, 0.3) is 16.5 Å². The second-order valence-electron chi connectivity index (χ2n) is 5.49. The third kappa shape index (κ3) is 6.79. The first kappa shape index (κ1) is 24.7. The average molecular weight is 467 g/mol. The van der Waals surface area contributed by atoms with Gasteiger partial charge in [-0.1, -0.05) is 32.3 Å². The third-order valence-electron chi connectivity index (χ3n) is 3.77. The average Bonchev–Trinajstić information content (AvgIpc) is 3.34. The monoisotopic (exact) mass is 464 g/mol. The number of tetrazole rings is 1. The summed E-state index contributed by atoms with van der Waals surface area (Å²) in [5, 5.41) is 13.5. The van der Waals surface area contributed by atoms with Crippen molar-refractivity contribution in [2.45, 2.75) is 26.2 Å². The fourth-order valence-corrected chi connectivity index (χ4v) is 2.51. The smallest absolute Gasteiger partial charge is 1.00 e. The number of hydrogen-bond acceptors (Lipinski definition) is 3. The Morgan fingerprint density at radius 2 is 1.81 bits per heavy atom. The molecule has 4 aromatic rings. The van der Waals surface area contributed by atoms with Gasteiger partial charge in [-0.15, -0.1) is 46.2 Å². The number of nitrogens with zero attached hydrogens (tertiary/aromatic N) is 4. The number of rotatable bonds is 4. The fourth-order valence-electron chi connectivity index (χ4n) is 2.51. The number of halogens is 2. The summed E-state index contributed by atoms with van der Waals surface area (Å²) in [6.45, 7) is 2.23. The molecule has 4 nitrogen and oxygen atoms in total. The van der Waals surface area contributed by atoms with Crippen molar-refractivity contribution in [2.75, 3.05) is 0 Å². The van der Waals surface area contributed by atoms with Crippen LogP contribution in [0.2, 0.25) is 0 Å². The zero-order chi connectivity index (χ0) is 15.9. The third-order valence-corrected chi connectivity index (χ3v) is 3.77. The minimum Gasteiger partial charge on any atom is -1.00 e. The van der Waals surface area contributed by atoms with Gasteiger partial charge in [0.05, 0.1) is 0 Å². The van der Waals surface area contributed by atoms with Crippen molar-refractivity contribution < 1.29 is 51.0 Å². The van der Waals surface area contributed by atoms with E-state index in [0.29, 0.717) is 0 Å². The molecule has 1 aromatic heterocycles. The molecule has 0 spiro atoms. The number of aromatic nitrogens is 4. The van der Waals surface area contributed by atoms with Crippen LogP contribution < -0.4 is 24.8 Å². The molecule has 134 valence electrons. The van der Waals surface area contributed by atoms with Crippen LogP contribution in [0.5, 0.6) is 0 Å². The van der Waals surface area contributed by atoms with Crippen molar-refractivity contribution in [1.82, 2.24) is 20.2 Å². The van der Waals surface area contributed by atoms with Crippen LogP contribution in [0.15, 0.2) is 67.0 Å². The second-order valence-corrected chi connectivity index (χ2v) is 5.49. The standard InChI is InChI=1S/C10H7N4.C9H13.2ClH.Zr/c1-2-4-9-6-10(5-8(9)3-1)14-7-11-12-13-14;1-2-3-6-9-7-4-5-8-9;;;/h1-7H;4-5,7-8H,2-3,6H2,1H3;2*1H;/q2*-1;;;+4/p-2. The summed E-state index contributed by atoms with van der Waals surface area (Å²) >= 11 is 0. The van der Waals surface area contributed by atoms with Crippen LogP contribution in [0, 0.1) is 0 Å². The molecule has 1 heterocycles. The normalized spacial score (nSPS) is 9.27. The molecule has 0 N–H and O–H groups in total. The predicted octanol–water partition coefficient (Wildman–Crippen LogP) is -1.71. The Labute approximate surface area is 185 Å². The molecule has 0 saturated carbocycles. The van der Waals surface area contributed by atoms with Gasteiger partial charge >= 0.3 is 26.2 Å². The molecule has 0 aliphatic carbocycles. The van der Waals surface area contributed by atoms with Crippen LogP contribution in [0.1, 0.15) is 25.3 Å². The van der Waals surface area contributed by atoms with E-state index in [9.17, 15) is 0 Å². The van der Waals surface area contributed by atoms with Gasteiger partial charge in [0.15, 0.2) is 0 Å². The summed E-state index contributed by atoms with van der Waals surface area (Å²) in [5.74, 6) is 0. The maximum absolute atomic E-state index is 3.84. The Morgan fingerprint density at radius 3 is 2.42 bits per heavy atom. The van der Waals surface area contributed by atoms with E-state index < -0.39 is 0 Å². The molecule has 0 saturated heterocycles. The molecule has 0 bridgehead atoms. The van der Waals surface area contributed by atoms with E-state index in [1.54, 1.807) is 11.0 Å². The van der Waals surface area contributed by atoms with Gasteiger partial charge in [-0.05, 0) is 16.1 Å². The topological polar surface area (TPSA) is 43.6 Å². The van der Waals surface area contributed by atoms with E-state index in [1.165, 1.54) is 35.6 Å². The van der Waals surface area contributed by atoms with Gasteiger partial charge in [0, 0.05) is 0 Å². The largest absolute Gasteiger partial charge is 4.00 e. The molecule has 0 unspecified atom stereocenters. The van der Waals surface area contributed by atoms with E-state index in [4.69, 9.17) is 0 Å². The van der Waals surface area contributed by atoms with E-state index in [-0.39, 0.29) is 51.0 Å². The Kier molecular flexibility index (Phi) is 12.3. The van der Waals surface area contributed by atoms with Crippen LogP contribution >= 0.6 is 0 Å². The summed E-state index contributed by atoms with van der Waals surface area (Å²) in [7, 11) is 0. The van der Waals surface area contributed by atoms with Crippen LogP contribution in [0.4, 0.5) is 0 Å². The minimum absolute atomic E-state index is 0. The van der Waals surface area contributed by atoms with Gasteiger partial charge in [0.1, 0.15) is 6.33 Å². The molecule has 0 aliphatic heterocycles. The zero-order valence-corrected chi connectivity index (χ0v) is 18.5. The number of hydrogen-bond donors (Lipinski definition) is 0. The van der Waals surface area contributed by atoms with E-state index >= 15 is 0 Å². The molecule has 0 amide bonds. The first-order valence-corrected chi connectivity index (χ1v) is 7.96. The Bertz CT molecular complexity index is 793. The predicted molar refractivity (Wildman–Crippen MR) is 92.9 cm³/mol. The van der Waals surface area contributed by atoms with E-state index in [1.807, 2.05) is 12.1 Å². The van der Waals surface area contributed by atoms with Crippen molar-refractivity contribution in [3.05, 3.63) is 72.6 Å². The molecule has 7 heteroatoms. The Balaban J connectivity index is 0.000000466. The quantitative estimate of drug-likeness (QED) is 0.337. The van der Waals surface area contributed by atoms with Crippen LogP contribution in [-0.2, 0) is 32.6 Å². The van der Waals surface area contributed by atoms with Crippen molar-refractivity contribution in [2.24, 2.45) is 0 Å². The molecule has 3 aromatic carbocycles. The molecule has 0 fully saturated rings. The van der Waals surface area contributed by atoms with Crippen molar-refractivity contribution in [3.8, 4) is 5.69 Å². The fraction of sp³-hybridized carbons (Fsp3) is 0.211. The molecular formula is C19H20Cl2N4Zr. The summed E-state index contributed by atoms with van der Waals surface area (Å²) in [6.07, 6.45) is 5.47. The SMILES string of the molecule is CCCC[c-]1cccc1.[Cl-].[Cl-].[Zr+4].c1ccc2[cH-]c(-n3cnnn3)cc2c1. The summed E-state index contributed by atoms with van der Waals surface area (Å²) in [5.41, 5.74) is 2.48. The number of fused-ring (bicyclic) bond motifs is 1. The Hall–Kier alpha value is -1.29. The number of unbranched alkanes of at least 4 members (excludes halogenated alkanes) is 1. The molecule has 26 heavy (non-hydrogen) atoms. The molecule has 4 rings (SSSR count).